The molecule has 68 heavy (non-hydrogen) atoms. The fourth-order valence-corrected chi connectivity index (χ4v) is 15.3. The van der Waals surface area contributed by atoms with Crippen molar-refractivity contribution in [2.75, 3.05) is 20.2 Å². The number of aliphatic hydroxyl groups is 3. The van der Waals surface area contributed by atoms with Gasteiger partial charge in [-0.1, -0.05) is 74.1 Å². The molecule has 5 fully saturated rings. The number of rotatable bonds is 10. The van der Waals surface area contributed by atoms with Gasteiger partial charge in [0.15, 0.2) is 17.3 Å². The molecule has 0 bridgehead atoms. The summed E-state index contributed by atoms with van der Waals surface area (Å²) < 4.78 is 5.55. The van der Waals surface area contributed by atoms with Crippen LogP contribution in [0.2, 0.25) is 0 Å². The molecule has 0 aromatic heterocycles. The standard InChI is InChI=1S/C58H73N3O7/c1-3-34-32-61-56(59)31-46(34)45(37-11-10-35-8-4-5-9-36(35)24-37)30-51(64)50(63)25-39-18-22-58(54(66)17-12-38-26-53(68-2)52(65)29-44(38)39)23-19-40(27-55(58)67)47-16-15-42-43-14-13-41(62)28-49(43)60-33-48(42)57(47)20-6-7-21-57/h4-5,8-11,24,26,29,31,39-40,42-43,45,47-51,55,60-61,63-65,67H,3,6-7,12-17,19-21,23,25,27-28,30,32-33,59H2,1-2H3/t39-,40-,42-,43+,45-,47-,48+,49+,50-,51+,55-,58+/m1/s1. The Hall–Kier alpha value is -4.66. The highest BCUT2D eigenvalue weighted by molar-refractivity contribution is 5.89. The van der Waals surface area contributed by atoms with Gasteiger partial charge in [-0.2, -0.15) is 0 Å². The van der Waals surface area contributed by atoms with Crippen LogP contribution in [0.4, 0.5) is 0 Å². The van der Waals surface area contributed by atoms with Gasteiger partial charge in [0.05, 0.1) is 31.2 Å². The van der Waals surface area contributed by atoms with Crippen LogP contribution < -0.4 is 21.1 Å². The second-order valence-electron chi connectivity index (χ2n) is 22.0. The normalized spacial score (nSPS) is 32.6. The van der Waals surface area contributed by atoms with Gasteiger partial charge < -0.3 is 41.5 Å². The van der Waals surface area contributed by atoms with E-state index in [1.807, 2.05) is 18.2 Å². The van der Waals surface area contributed by atoms with Gasteiger partial charge in [-0.3, -0.25) is 9.59 Å². The molecule has 3 aromatic carbocycles. The Balaban J connectivity index is 0.932. The highest BCUT2D eigenvalue weighted by Gasteiger charge is 2.60. The number of phenols is 1. The fraction of sp³-hybridized carbons (Fsp3) is 0.586. The number of Topliss-reactive ketones (excluding diaryl/α,β-unsaturated/α-hetero) is 2. The number of ketones is 2. The van der Waals surface area contributed by atoms with Crippen LogP contribution in [0.1, 0.15) is 138 Å². The van der Waals surface area contributed by atoms with Crippen molar-refractivity contribution in [1.82, 2.24) is 10.6 Å². The van der Waals surface area contributed by atoms with Crippen LogP contribution in [0.3, 0.4) is 0 Å². The molecule has 10 nitrogen and oxygen atoms in total. The summed E-state index contributed by atoms with van der Waals surface area (Å²) in [6.07, 6.45) is 11.7. The van der Waals surface area contributed by atoms with Crippen LogP contribution in [-0.2, 0) is 16.0 Å². The Morgan fingerprint density at radius 1 is 0.912 bits per heavy atom. The lowest BCUT2D eigenvalue weighted by Gasteiger charge is -2.60. The number of methoxy groups -OCH3 is 1. The van der Waals surface area contributed by atoms with Gasteiger partial charge in [0.2, 0.25) is 0 Å². The van der Waals surface area contributed by atoms with Crippen molar-refractivity contribution < 1.29 is 34.8 Å². The molecular weight excluding hydrogens is 851 g/mol. The van der Waals surface area contributed by atoms with E-state index in [1.165, 1.54) is 44.8 Å². The zero-order valence-electron chi connectivity index (χ0n) is 40.2. The second kappa shape index (κ2) is 19.3. The monoisotopic (exact) mass is 924 g/mol. The maximum absolute atomic E-state index is 14.7. The van der Waals surface area contributed by atoms with Crippen LogP contribution in [0.5, 0.6) is 11.5 Å². The number of hydrogen-bond donors (Lipinski definition) is 7. The summed E-state index contributed by atoms with van der Waals surface area (Å²) >= 11 is 0. The average Bonchev–Trinajstić information content (AvgIpc) is 3.84. The number of carbonyl (C=O) groups is 2. The van der Waals surface area contributed by atoms with Gasteiger partial charge in [0.25, 0.3) is 0 Å². The molecule has 8 N–H and O–H groups in total. The molecule has 0 radical (unpaired) electrons. The molecule has 10 rings (SSSR count). The molecular formula is C58H73N3O7. The zero-order chi connectivity index (χ0) is 47.3. The third-order valence-corrected chi connectivity index (χ3v) is 18.8. The number of nitrogens with one attached hydrogen (secondary N) is 2. The average molecular weight is 924 g/mol. The summed E-state index contributed by atoms with van der Waals surface area (Å²) in [6, 6.07) is 18.3. The Bertz CT molecular complexity index is 2530. The SMILES string of the molecule is CCC1=C([C@H](C[C@H](O)[C@H](O)C[C@H]2C#C[C@]3(CC[C@@H]([C@H]4CC[C@@H]5[C@@H]6CCC(=O)C[C@@H]6NC[C@@H]5C45CCCC5)C[C@H]3O)C(=O)CCc3cc(OC)c(O)cc32)c2ccc3ccccc3c2)C=C(N)NC1. The molecule has 7 aliphatic rings. The van der Waals surface area contributed by atoms with Crippen LogP contribution in [-0.4, -0.2) is 76.5 Å². The smallest absolute Gasteiger partial charge is 0.160 e. The van der Waals surface area contributed by atoms with Crippen molar-refractivity contribution in [2.45, 2.75) is 152 Å². The van der Waals surface area contributed by atoms with Gasteiger partial charge in [0.1, 0.15) is 11.2 Å². The largest absolute Gasteiger partial charge is 0.504 e. The minimum Gasteiger partial charge on any atom is -0.504 e. The Kier molecular flexibility index (Phi) is 13.3. The van der Waals surface area contributed by atoms with Crippen LogP contribution >= 0.6 is 0 Å². The van der Waals surface area contributed by atoms with E-state index in [-0.39, 0.29) is 48.0 Å². The lowest BCUT2D eigenvalue weighted by molar-refractivity contribution is -0.140. The first-order valence-electron chi connectivity index (χ1n) is 26.1. The molecule has 3 aromatic rings. The fourth-order valence-electron chi connectivity index (χ4n) is 15.3. The minimum atomic E-state index is -1.26. The number of phenolic OH excluding ortho intramolecular Hbond substituents is 1. The van der Waals surface area contributed by atoms with E-state index in [0.717, 1.165) is 59.7 Å². The van der Waals surface area contributed by atoms with Gasteiger partial charge in [-0.15, -0.1) is 0 Å². The third kappa shape index (κ3) is 8.58. The molecule has 2 heterocycles. The van der Waals surface area contributed by atoms with E-state index >= 15 is 0 Å². The molecule has 5 aliphatic carbocycles. The number of aromatic hydroxyl groups is 1. The predicted molar refractivity (Wildman–Crippen MR) is 265 cm³/mol. The molecule has 0 unspecified atom stereocenters. The van der Waals surface area contributed by atoms with E-state index in [0.29, 0.717) is 91.3 Å². The Morgan fingerprint density at radius 3 is 2.50 bits per heavy atom. The summed E-state index contributed by atoms with van der Waals surface area (Å²) in [6.45, 7) is 3.71. The summed E-state index contributed by atoms with van der Waals surface area (Å²) in [5, 5.41) is 57.4. The number of allylic oxidation sites excluding steroid dienone is 2. The molecule has 4 saturated carbocycles. The number of fused-ring (bicyclic) bond motifs is 6. The molecule has 0 amide bonds. The first kappa shape index (κ1) is 47.0. The maximum atomic E-state index is 14.7. The van der Waals surface area contributed by atoms with Gasteiger partial charge in [-0.05, 0) is 175 Å². The topological polar surface area (TPSA) is 174 Å². The number of aryl methyl sites for hydroxylation is 1. The number of carbonyl (C=O) groups excluding carboxylic acids is 2. The third-order valence-electron chi connectivity index (χ3n) is 18.8. The van der Waals surface area contributed by atoms with E-state index in [4.69, 9.17) is 10.5 Å². The van der Waals surface area contributed by atoms with Crippen LogP contribution in [0, 0.1) is 52.3 Å². The summed E-state index contributed by atoms with van der Waals surface area (Å²) in [7, 11) is 1.50. The van der Waals surface area contributed by atoms with Crippen molar-refractivity contribution in [3.63, 3.8) is 0 Å². The molecule has 12 atom stereocenters. The van der Waals surface area contributed by atoms with E-state index in [1.54, 1.807) is 12.1 Å². The number of hydrogen-bond acceptors (Lipinski definition) is 10. The van der Waals surface area contributed by atoms with Crippen molar-refractivity contribution >= 4 is 22.3 Å². The summed E-state index contributed by atoms with van der Waals surface area (Å²) in [5.74, 6) is 9.68. The highest BCUT2D eigenvalue weighted by Crippen LogP contribution is 2.64. The first-order chi connectivity index (χ1) is 32.9. The summed E-state index contributed by atoms with van der Waals surface area (Å²) in [4.78, 5) is 27.2. The van der Waals surface area contributed by atoms with Gasteiger partial charge in [-0.25, -0.2) is 0 Å². The molecule has 2 aliphatic heterocycles. The quantitative estimate of drug-likeness (QED) is 0.0982. The van der Waals surface area contributed by atoms with Crippen LogP contribution in [0.15, 0.2) is 77.6 Å². The second-order valence-corrected chi connectivity index (χ2v) is 22.0. The number of benzene rings is 3. The van der Waals surface area contributed by atoms with Gasteiger partial charge in [0, 0.05) is 43.7 Å². The van der Waals surface area contributed by atoms with Crippen molar-refractivity contribution in [3.8, 4) is 23.3 Å². The molecule has 362 valence electrons. The van der Waals surface area contributed by atoms with Crippen molar-refractivity contribution in [2.24, 2.45) is 46.2 Å². The van der Waals surface area contributed by atoms with E-state index < -0.39 is 29.6 Å². The number of ether oxygens (including phenoxy) is 1. The predicted octanol–water partition coefficient (Wildman–Crippen LogP) is 8.24. The first-order valence-corrected chi connectivity index (χ1v) is 26.1. The van der Waals surface area contributed by atoms with E-state index in [2.05, 4.69) is 59.7 Å². The van der Waals surface area contributed by atoms with Crippen molar-refractivity contribution in [1.29, 1.82) is 0 Å². The zero-order valence-corrected chi connectivity index (χ0v) is 40.2. The number of aliphatic hydroxyl groups excluding tert-OH is 3. The lowest BCUT2D eigenvalue weighted by atomic mass is 9.47. The molecule has 10 heteroatoms. The minimum absolute atomic E-state index is 0.0524. The Labute approximate surface area is 402 Å². The lowest BCUT2D eigenvalue weighted by Crippen LogP contribution is -2.61. The Morgan fingerprint density at radius 2 is 1.72 bits per heavy atom. The van der Waals surface area contributed by atoms with Crippen molar-refractivity contribution in [3.05, 3.63) is 94.3 Å². The maximum Gasteiger partial charge on any atom is 0.160 e. The number of nitrogens with two attached hydrogens (primary N) is 1. The highest BCUT2D eigenvalue weighted by atomic mass is 16.5. The number of piperidine rings is 1. The van der Waals surface area contributed by atoms with Crippen LogP contribution in [0.25, 0.3) is 10.8 Å². The summed E-state index contributed by atoms with van der Waals surface area (Å²) in [5.41, 5.74) is 10.1. The molecule has 1 saturated heterocycles. The number of dihydropyridines is 1. The van der Waals surface area contributed by atoms with E-state index in [9.17, 15) is 30.0 Å². The molecule has 2 spiro atoms. The van der Waals surface area contributed by atoms with Gasteiger partial charge >= 0.3 is 0 Å².